The van der Waals surface area contributed by atoms with Crippen LogP contribution in [0.1, 0.15) is 99.6 Å². The van der Waals surface area contributed by atoms with Crippen molar-refractivity contribution in [2.45, 2.75) is 95.5 Å². The van der Waals surface area contributed by atoms with Gasteiger partial charge in [-0.05, 0) is 105 Å². The highest BCUT2D eigenvalue weighted by molar-refractivity contribution is 7.91. The quantitative estimate of drug-likeness (QED) is 0.0860. The summed E-state index contributed by atoms with van der Waals surface area (Å²) in [6.45, 7) is 3.31. The Morgan fingerprint density at radius 1 is 0.872 bits per heavy atom. The predicted octanol–water partition coefficient (Wildman–Crippen LogP) is 7.47. The van der Waals surface area contributed by atoms with Crippen molar-refractivity contribution in [3.8, 4) is 0 Å². The van der Waals surface area contributed by atoms with Gasteiger partial charge in [-0.15, -0.1) is 0 Å². The smallest absolute Gasteiger partial charge is 0.303 e. The summed E-state index contributed by atoms with van der Waals surface area (Å²) in [6, 6.07) is 22.1. The molecule has 4 rings (SSSR count). The third-order valence-electron chi connectivity index (χ3n) is 9.22. The molecule has 4 atom stereocenters. The Morgan fingerprint density at radius 2 is 1.47 bits per heavy atom. The molecular weight excluding hydrogens is 617 g/mol. The zero-order valence-electron chi connectivity index (χ0n) is 27.7. The summed E-state index contributed by atoms with van der Waals surface area (Å²) in [5, 5.41) is 8.65. The van der Waals surface area contributed by atoms with Gasteiger partial charge in [0.25, 0.3) is 0 Å². The molecule has 0 saturated carbocycles. The second kappa shape index (κ2) is 17.0. The van der Waals surface area contributed by atoms with Crippen LogP contribution < -0.4 is 4.90 Å². The number of carbonyl (C=O) groups is 2. The van der Waals surface area contributed by atoms with Crippen LogP contribution in [0, 0.1) is 11.7 Å². The van der Waals surface area contributed by atoms with Crippen molar-refractivity contribution in [2.75, 3.05) is 17.8 Å². The first-order chi connectivity index (χ1) is 22.5. The fourth-order valence-electron chi connectivity index (χ4n) is 6.31. The lowest BCUT2D eigenvalue weighted by molar-refractivity contribution is -0.147. The van der Waals surface area contributed by atoms with E-state index in [0.717, 1.165) is 61.8 Å². The van der Waals surface area contributed by atoms with Crippen LogP contribution in [0.25, 0.3) is 0 Å². The fraction of sp³-hybridized carbons (Fsp3) is 0.474. The van der Waals surface area contributed by atoms with Crippen molar-refractivity contribution < 1.29 is 32.2 Å². The van der Waals surface area contributed by atoms with E-state index in [2.05, 4.69) is 24.3 Å². The number of hydrogen-bond donors (Lipinski definition) is 1. The third kappa shape index (κ3) is 10.2. The number of unbranched alkanes of at least 4 members (excludes halogenated alkanes) is 3. The number of amides is 1. The van der Waals surface area contributed by atoms with E-state index >= 15 is 0 Å². The highest BCUT2D eigenvalue weighted by Gasteiger charge is 2.48. The van der Waals surface area contributed by atoms with Crippen molar-refractivity contribution in [1.29, 1.82) is 0 Å². The number of carbonyl (C=O) groups excluding carboxylic acids is 2. The maximum absolute atomic E-state index is 13.8. The molecule has 0 bridgehead atoms. The number of hydrogen-bond acceptors (Lipinski definition) is 6. The van der Waals surface area contributed by atoms with Crippen LogP contribution in [0.15, 0.2) is 72.8 Å². The van der Waals surface area contributed by atoms with Gasteiger partial charge in [-0.2, -0.15) is 0 Å². The van der Waals surface area contributed by atoms with E-state index < -0.39 is 21.9 Å². The lowest BCUT2D eigenvalue weighted by Gasteiger charge is -2.48. The molecule has 1 saturated heterocycles. The molecule has 0 aromatic heterocycles. The lowest BCUT2D eigenvalue weighted by Crippen LogP contribution is -2.55. The first-order valence-electron chi connectivity index (χ1n) is 16.7. The largest absolute Gasteiger partial charge is 0.458 e. The molecule has 47 heavy (non-hydrogen) atoms. The molecule has 1 N–H and O–H groups in total. The summed E-state index contributed by atoms with van der Waals surface area (Å²) >= 11 is 0. The molecule has 0 aliphatic carbocycles. The summed E-state index contributed by atoms with van der Waals surface area (Å²) in [5.74, 6) is -1.13. The Balaban J connectivity index is 1.50. The minimum atomic E-state index is -3.05. The average molecular weight is 666 g/mol. The topological polar surface area (TPSA) is 101 Å². The normalized spacial score (nSPS) is 17.6. The summed E-state index contributed by atoms with van der Waals surface area (Å²) in [4.78, 5) is 27.5. The molecule has 3 aromatic carbocycles. The first-order valence-corrected chi connectivity index (χ1v) is 18.7. The molecule has 1 amide bonds. The Kier molecular flexibility index (Phi) is 13.1. The Labute approximate surface area is 279 Å². The van der Waals surface area contributed by atoms with Gasteiger partial charge in [-0.25, -0.2) is 12.8 Å². The summed E-state index contributed by atoms with van der Waals surface area (Å²) in [7, 11) is -3.05. The van der Waals surface area contributed by atoms with E-state index in [-0.39, 0.29) is 35.5 Å². The van der Waals surface area contributed by atoms with Crippen LogP contribution in [0.5, 0.6) is 0 Å². The number of nitrogens with zero attached hydrogens (tertiary/aromatic N) is 1. The second-order valence-corrected chi connectivity index (χ2v) is 15.3. The van der Waals surface area contributed by atoms with Gasteiger partial charge in [0.2, 0.25) is 5.91 Å². The zero-order valence-corrected chi connectivity index (χ0v) is 28.6. The number of aliphatic hydroxyl groups excluding tert-OH is 1. The van der Waals surface area contributed by atoms with E-state index in [4.69, 9.17) is 9.84 Å². The number of aliphatic hydroxyl groups is 1. The minimum absolute atomic E-state index is 0.00151. The number of aryl methyl sites for hydroxylation is 2. The van der Waals surface area contributed by atoms with Crippen LogP contribution >= 0.6 is 0 Å². The number of rotatable bonds is 18. The maximum Gasteiger partial charge on any atom is 0.303 e. The van der Waals surface area contributed by atoms with Crippen molar-refractivity contribution >= 4 is 27.4 Å². The minimum Gasteiger partial charge on any atom is -0.458 e. The maximum atomic E-state index is 13.8. The highest BCUT2D eigenvalue weighted by atomic mass is 32.2. The summed E-state index contributed by atoms with van der Waals surface area (Å²) in [6.07, 6.45) is 8.61. The third-order valence-corrected chi connectivity index (χ3v) is 10.9. The molecule has 0 radical (unpaired) electrons. The predicted molar refractivity (Wildman–Crippen MR) is 183 cm³/mol. The van der Waals surface area contributed by atoms with Crippen molar-refractivity contribution in [3.05, 3.63) is 101 Å². The number of sulfone groups is 1. The van der Waals surface area contributed by atoms with Gasteiger partial charge < -0.3 is 14.7 Å². The molecule has 9 heteroatoms. The zero-order chi connectivity index (χ0) is 34.0. The molecule has 3 aromatic rings. The fourth-order valence-corrected chi connectivity index (χ4v) is 6.90. The van der Waals surface area contributed by atoms with E-state index in [1.807, 2.05) is 29.2 Å². The van der Waals surface area contributed by atoms with Gasteiger partial charge in [0.05, 0.1) is 17.2 Å². The van der Waals surface area contributed by atoms with E-state index in [9.17, 15) is 22.4 Å². The van der Waals surface area contributed by atoms with Gasteiger partial charge in [0.15, 0.2) is 0 Å². The Bertz CT molecular complexity index is 1560. The van der Waals surface area contributed by atoms with Gasteiger partial charge in [-0.1, -0.05) is 61.4 Å². The van der Waals surface area contributed by atoms with Crippen LogP contribution in [0.4, 0.5) is 10.1 Å². The van der Waals surface area contributed by atoms with Gasteiger partial charge in [0, 0.05) is 25.5 Å². The first kappa shape index (κ1) is 36.3. The summed E-state index contributed by atoms with van der Waals surface area (Å²) in [5.41, 5.74) is 4.83. The molecule has 1 heterocycles. The van der Waals surface area contributed by atoms with Gasteiger partial charge in [0.1, 0.15) is 21.8 Å². The van der Waals surface area contributed by atoms with E-state index in [0.29, 0.717) is 24.8 Å². The number of ether oxygens (including phenoxy) is 1. The molecular formula is C38H48FNO6S. The molecule has 7 nitrogen and oxygen atoms in total. The van der Waals surface area contributed by atoms with E-state index in [1.165, 1.54) is 30.9 Å². The average Bonchev–Trinajstić information content (AvgIpc) is 3.04. The SMILES string of the molecule is CC(=O)O[C@@H](CCC1C(=O)N(c2ccc(CCCC(C)S(C)(=O)=O)cc2)[C@@H]1c1ccc(CCCCCCO)cc1)c1ccc(F)cc1. The van der Waals surface area contributed by atoms with Crippen LogP contribution in [-0.2, 0) is 37.0 Å². The summed E-state index contributed by atoms with van der Waals surface area (Å²) < 4.78 is 42.8. The number of esters is 1. The number of anilines is 1. The van der Waals surface area contributed by atoms with Crippen LogP contribution in [0.3, 0.4) is 0 Å². The van der Waals surface area contributed by atoms with Gasteiger partial charge in [-0.3, -0.25) is 9.59 Å². The molecule has 1 aliphatic heterocycles. The number of halogens is 1. The molecule has 254 valence electrons. The van der Waals surface area contributed by atoms with E-state index in [1.54, 1.807) is 19.1 Å². The van der Waals surface area contributed by atoms with Crippen molar-refractivity contribution in [3.63, 3.8) is 0 Å². The van der Waals surface area contributed by atoms with Crippen molar-refractivity contribution in [1.82, 2.24) is 0 Å². The number of benzene rings is 3. The monoisotopic (exact) mass is 665 g/mol. The van der Waals surface area contributed by atoms with Crippen LogP contribution in [0.2, 0.25) is 0 Å². The van der Waals surface area contributed by atoms with Crippen LogP contribution in [-0.4, -0.2) is 43.5 Å². The number of β-lactam (4-membered cyclic amide) rings is 1. The lowest BCUT2D eigenvalue weighted by atomic mass is 9.78. The second-order valence-electron chi connectivity index (χ2n) is 12.8. The Morgan fingerprint density at radius 3 is 2.06 bits per heavy atom. The van der Waals surface area contributed by atoms with Crippen molar-refractivity contribution in [2.24, 2.45) is 5.92 Å². The molecule has 1 fully saturated rings. The molecule has 1 aliphatic rings. The molecule has 2 unspecified atom stereocenters. The molecule has 0 spiro atoms. The Hall–Kier alpha value is -3.56. The highest BCUT2D eigenvalue weighted by Crippen LogP contribution is 2.46. The standard InChI is InChI=1S/C38H48FNO6S/c1-27(47(3,44)45)9-8-11-30-14-22-34(23-15-30)40-37(32-16-12-29(13-17-32)10-6-4-5-7-26-41)35(38(40)43)24-25-36(46-28(2)42)31-18-20-33(39)21-19-31/h12-23,27,35-37,41H,4-11,24-26H2,1-3H3/t27?,35?,36-,37+/m0/s1. The van der Waals surface area contributed by atoms with Gasteiger partial charge >= 0.3 is 5.97 Å².